The Morgan fingerprint density at radius 3 is 3.00 bits per heavy atom. The fourth-order valence-electron chi connectivity index (χ4n) is 4.83. The van der Waals surface area contributed by atoms with E-state index in [0.29, 0.717) is 16.9 Å². The van der Waals surface area contributed by atoms with Gasteiger partial charge in [-0.2, -0.15) is 0 Å². The van der Waals surface area contributed by atoms with Crippen LogP contribution >= 0.6 is 0 Å². The number of carbonyl (C=O) groups is 1. The van der Waals surface area contributed by atoms with Crippen LogP contribution in [0.4, 0.5) is 5.69 Å². The third-order valence-electron chi connectivity index (χ3n) is 6.39. The lowest BCUT2D eigenvalue weighted by Crippen LogP contribution is -2.53. The molecule has 122 valence electrons. The molecule has 0 aliphatic heterocycles. The molecular weight excluding hydrogens is 288 g/mol. The molecule has 2 heterocycles. The first kappa shape index (κ1) is 14.5. The van der Waals surface area contributed by atoms with Crippen molar-refractivity contribution < 1.29 is 4.79 Å². The van der Waals surface area contributed by atoms with E-state index in [-0.39, 0.29) is 0 Å². The summed E-state index contributed by atoms with van der Waals surface area (Å²) in [6.07, 6.45) is 7.37. The number of rotatable bonds is 4. The summed E-state index contributed by atoms with van der Waals surface area (Å²) in [4.78, 5) is 19.1. The molecule has 0 saturated heterocycles. The van der Waals surface area contributed by atoms with Crippen LogP contribution in [0.15, 0.2) is 18.5 Å². The van der Waals surface area contributed by atoms with Crippen molar-refractivity contribution in [2.24, 2.45) is 28.9 Å². The van der Waals surface area contributed by atoms with Crippen molar-refractivity contribution in [3.63, 3.8) is 0 Å². The van der Waals surface area contributed by atoms with Crippen LogP contribution in [0, 0.1) is 23.2 Å². The maximum atomic E-state index is 11.7. The molecule has 4 N–H and O–H groups in total. The Bertz CT molecular complexity index is 761. The van der Waals surface area contributed by atoms with Crippen molar-refractivity contribution in [2.75, 3.05) is 11.9 Å². The molecule has 0 radical (unpaired) electrons. The van der Waals surface area contributed by atoms with Gasteiger partial charge in [-0.1, -0.05) is 13.8 Å². The van der Waals surface area contributed by atoms with Gasteiger partial charge in [0.25, 0.3) is 5.91 Å². The Labute approximate surface area is 136 Å². The first-order chi connectivity index (χ1) is 11.0. The van der Waals surface area contributed by atoms with Crippen LogP contribution in [0.3, 0.4) is 0 Å². The van der Waals surface area contributed by atoms with Crippen LogP contribution in [0.2, 0.25) is 0 Å². The van der Waals surface area contributed by atoms with Gasteiger partial charge in [0.1, 0.15) is 5.65 Å². The number of nitrogens with one attached hydrogen (secondary N) is 2. The van der Waals surface area contributed by atoms with Gasteiger partial charge in [0.05, 0.1) is 11.3 Å². The van der Waals surface area contributed by atoms with Crippen molar-refractivity contribution in [1.29, 1.82) is 0 Å². The van der Waals surface area contributed by atoms with Gasteiger partial charge in [0.15, 0.2) is 0 Å². The maximum Gasteiger partial charge on any atom is 0.252 e. The molecule has 0 aromatic carbocycles. The van der Waals surface area contributed by atoms with Gasteiger partial charge < -0.3 is 16.0 Å². The highest BCUT2D eigenvalue weighted by molar-refractivity contribution is 6.05. The molecule has 1 amide bonds. The molecule has 3 aliphatic carbocycles. The van der Waals surface area contributed by atoms with Gasteiger partial charge in [0.2, 0.25) is 0 Å². The zero-order valence-corrected chi connectivity index (χ0v) is 13.7. The van der Waals surface area contributed by atoms with Gasteiger partial charge in [0, 0.05) is 24.3 Å². The molecular formula is C18H24N4O. The SMILES string of the molecule is CC1(C)[C@H]2CC[C@@H](CNc3c(C(N)=O)cnc4[nH]ccc34)[C@@H]1C2. The molecule has 2 bridgehead atoms. The fraction of sp³-hybridized carbons (Fsp3) is 0.556. The molecule has 0 unspecified atom stereocenters. The highest BCUT2D eigenvalue weighted by Crippen LogP contribution is 2.61. The van der Waals surface area contributed by atoms with E-state index in [1.807, 2.05) is 12.3 Å². The van der Waals surface area contributed by atoms with Crippen molar-refractivity contribution in [1.82, 2.24) is 9.97 Å². The van der Waals surface area contributed by atoms with Gasteiger partial charge in [-0.25, -0.2) is 4.98 Å². The van der Waals surface area contributed by atoms with Crippen LogP contribution in [0.25, 0.3) is 11.0 Å². The predicted octanol–water partition coefficient (Wildman–Crippen LogP) is 3.15. The number of H-pyrrole nitrogens is 1. The number of fused-ring (bicyclic) bond motifs is 3. The summed E-state index contributed by atoms with van der Waals surface area (Å²) in [6.45, 7) is 5.71. The summed E-state index contributed by atoms with van der Waals surface area (Å²) >= 11 is 0. The number of anilines is 1. The van der Waals surface area contributed by atoms with Crippen molar-refractivity contribution in [2.45, 2.75) is 33.1 Å². The molecule has 3 fully saturated rings. The Morgan fingerprint density at radius 2 is 2.30 bits per heavy atom. The summed E-state index contributed by atoms with van der Waals surface area (Å²) in [6, 6.07) is 1.95. The average Bonchev–Trinajstić information content (AvgIpc) is 3.01. The average molecular weight is 312 g/mol. The number of amides is 1. The Morgan fingerprint density at radius 1 is 1.48 bits per heavy atom. The Balaban J connectivity index is 1.59. The van der Waals surface area contributed by atoms with Gasteiger partial charge in [-0.3, -0.25) is 4.79 Å². The fourth-order valence-corrected chi connectivity index (χ4v) is 4.83. The minimum Gasteiger partial charge on any atom is -0.383 e. The summed E-state index contributed by atoms with van der Waals surface area (Å²) in [5, 5.41) is 4.46. The zero-order chi connectivity index (χ0) is 16.2. The van der Waals surface area contributed by atoms with Gasteiger partial charge >= 0.3 is 0 Å². The summed E-state index contributed by atoms with van der Waals surface area (Å²) < 4.78 is 0. The molecule has 2 aromatic rings. The number of hydrogen-bond acceptors (Lipinski definition) is 3. The number of aromatic nitrogens is 2. The highest BCUT2D eigenvalue weighted by Gasteiger charge is 2.53. The quantitative estimate of drug-likeness (QED) is 0.811. The lowest BCUT2D eigenvalue weighted by Gasteiger charge is -2.60. The largest absolute Gasteiger partial charge is 0.383 e. The van der Waals surface area contributed by atoms with Crippen LogP contribution in [-0.2, 0) is 0 Å². The van der Waals surface area contributed by atoms with E-state index < -0.39 is 5.91 Å². The number of primary amides is 1. The topological polar surface area (TPSA) is 83.8 Å². The van der Waals surface area contributed by atoms with E-state index in [4.69, 9.17) is 5.73 Å². The smallest absolute Gasteiger partial charge is 0.252 e. The lowest BCUT2D eigenvalue weighted by atomic mass is 9.45. The Hall–Kier alpha value is -2.04. The molecule has 3 atom stereocenters. The minimum atomic E-state index is -0.434. The zero-order valence-electron chi connectivity index (χ0n) is 13.7. The van der Waals surface area contributed by atoms with E-state index in [2.05, 4.69) is 29.1 Å². The van der Waals surface area contributed by atoms with E-state index in [1.165, 1.54) is 19.3 Å². The van der Waals surface area contributed by atoms with E-state index >= 15 is 0 Å². The second-order valence-corrected chi connectivity index (χ2v) is 7.73. The molecule has 5 rings (SSSR count). The molecule has 3 saturated carbocycles. The number of aromatic amines is 1. The third kappa shape index (κ3) is 2.13. The molecule has 23 heavy (non-hydrogen) atoms. The van der Waals surface area contributed by atoms with Crippen LogP contribution in [0.1, 0.15) is 43.5 Å². The molecule has 5 heteroatoms. The van der Waals surface area contributed by atoms with Crippen LogP contribution < -0.4 is 11.1 Å². The van der Waals surface area contributed by atoms with Crippen molar-refractivity contribution in [3.05, 3.63) is 24.0 Å². The second kappa shape index (κ2) is 4.98. The summed E-state index contributed by atoms with van der Waals surface area (Å²) in [5.41, 5.74) is 8.08. The van der Waals surface area contributed by atoms with E-state index in [0.717, 1.165) is 35.1 Å². The molecule has 3 aliphatic rings. The number of hydrogen-bond donors (Lipinski definition) is 3. The summed E-state index contributed by atoms with van der Waals surface area (Å²) in [7, 11) is 0. The maximum absolute atomic E-state index is 11.7. The van der Waals surface area contributed by atoms with Crippen LogP contribution in [-0.4, -0.2) is 22.4 Å². The monoisotopic (exact) mass is 312 g/mol. The standard InChI is InChI=1S/C18H24N4O/c1-18(2)11-4-3-10(14(18)7-11)8-21-15-12-5-6-20-17(12)22-9-13(15)16(19)23/h5-6,9-11,14H,3-4,7-8H2,1-2H3,(H2,19,23)(H2,20,21,22)/t10-,11-,14-/m0/s1. The normalized spacial score (nSPS) is 28.3. The van der Waals surface area contributed by atoms with Crippen molar-refractivity contribution in [3.8, 4) is 0 Å². The van der Waals surface area contributed by atoms with Crippen LogP contribution in [0.5, 0.6) is 0 Å². The highest BCUT2D eigenvalue weighted by atomic mass is 16.1. The van der Waals surface area contributed by atoms with E-state index in [9.17, 15) is 4.79 Å². The molecule has 5 nitrogen and oxygen atoms in total. The minimum absolute atomic E-state index is 0.434. The van der Waals surface area contributed by atoms with E-state index in [1.54, 1.807) is 6.20 Å². The molecule has 0 spiro atoms. The second-order valence-electron chi connectivity index (χ2n) is 7.73. The lowest BCUT2D eigenvalue weighted by molar-refractivity contribution is -0.100. The number of pyridine rings is 1. The Kier molecular flexibility index (Phi) is 3.15. The predicted molar refractivity (Wildman–Crippen MR) is 91.2 cm³/mol. The number of nitrogens with two attached hydrogens (primary N) is 1. The molecule has 2 aromatic heterocycles. The first-order valence-electron chi connectivity index (χ1n) is 8.48. The first-order valence-corrected chi connectivity index (χ1v) is 8.48. The van der Waals surface area contributed by atoms with Gasteiger partial charge in [-0.05, 0) is 48.5 Å². The third-order valence-corrected chi connectivity index (χ3v) is 6.39. The summed E-state index contributed by atoms with van der Waals surface area (Å²) in [5.74, 6) is 1.92. The van der Waals surface area contributed by atoms with Gasteiger partial charge in [-0.15, -0.1) is 0 Å². The van der Waals surface area contributed by atoms with Crippen molar-refractivity contribution >= 4 is 22.6 Å². The number of nitrogens with zero attached hydrogens (tertiary/aromatic N) is 1. The number of carbonyl (C=O) groups excluding carboxylic acids is 1.